The van der Waals surface area contributed by atoms with Crippen LogP contribution in [0, 0.1) is 0 Å². The molecule has 1 N–H and O–H groups in total. The van der Waals surface area contributed by atoms with E-state index in [0.717, 1.165) is 31.1 Å². The van der Waals surface area contributed by atoms with Crippen molar-refractivity contribution in [1.82, 2.24) is 5.32 Å². The number of hydrogen-bond donors (Lipinski definition) is 1. The zero-order chi connectivity index (χ0) is 18.5. The fourth-order valence-corrected chi connectivity index (χ4v) is 3.48. The molecule has 26 heavy (non-hydrogen) atoms. The summed E-state index contributed by atoms with van der Waals surface area (Å²) >= 11 is 1.32. The zero-order valence-corrected chi connectivity index (χ0v) is 16.1. The van der Waals surface area contributed by atoms with Crippen molar-refractivity contribution >= 4 is 40.5 Å². The molecule has 1 amide bonds. The van der Waals surface area contributed by atoms with Crippen LogP contribution in [-0.4, -0.2) is 24.2 Å². The van der Waals surface area contributed by atoms with Crippen molar-refractivity contribution in [1.29, 1.82) is 0 Å². The molecule has 2 heterocycles. The summed E-state index contributed by atoms with van der Waals surface area (Å²) in [6.45, 7) is 8.04. The molecule has 3 rings (SSSR count). The summed E-state index contributed by atoms with van der Waals surface area (Å²) in [7, 11) is 0. The van der Waals surface area contributed by atoms with Crippen molar-refractivity contribution in [3.63, 3.8) is 0 Å². The molecule has 1 saturated heterocycles. The van der Waals surface area contributed by atoms with Gasteiger partial charge in [0.05, 0.1) is 10.6 Å². The minimum absolute atomic E-state index is 0.153. The van der Waals surface area contributed by atoms with E-state index >= 15 is 0 Å². The van der Waals surface area contributed by atoms with Crippen molar-refractivity contribution in [3.8, 4) is 0 Å². The van der Waals surface area contributed by atoms with Gasteiger partial charge in [0.2, 0.25) is 0 Å². The summed E-state index contributed by atoms with van der Waals surface area (Å²) in [5.74, 6) is 1.33. The number of thioether (sulfide) groups is 1. The van der Waals surface area contributed by atoms with Crippen molar-refractivity contribution in [3.05, 3.63) is 52.6 Å². The Morgan fingerprint density at radius 1 is 1.12 bits per heavy atom. The molecule has 5 nitrogen and oxygen atoms in total. The van der Waals surface area contributed by atoms with Crippen LogP contribution in [0.2, 0.25) is 0 Å². The summed E-state index contributed by atoms with van der Waals surface area (Å²) < 4.78 is 5.83. The van der Waals surface area contributed by atoms with Crippen LogP contribution in [0.5, 0.6) is 0 Å². The quantitative estimate of drug-likeness (QED) is 0.757. The van der Waals surface area contributed by atoms with Gasteiger partial charge in [-0.15, -0.1) is 0 Å². The maximum absolute atomic E-state index is 12.2. The van der Waals surface area contributed by atoms with E-state index in [1.54, 1.807) is 6.08 Å². The molecular formula is C20H23N3O2S. The maximum Gasteiger partial charge on any atom is 0.264 e. The normalized spacial score (nSPS) is 17.1. The molecule has 0 atom stereocenters. The lowest BCUT2D eigenvalue weighted by atomic mass is 10.2. The van der Waals surface area contributed by atoms with E-state index < -0.39 is 0 Å². The highest BCUT2D eigenvalue weighted by Gasteiger charge is 2.24. The third kappa shape index (κ3) is 4.19. The average Bonchev–Trinajstić information content (AvgIpc) is 3.24. The lowest BCUT2D eigenvalue weighted by Gasteiger charge is -2.16. The second-order valence-corrected chi connectivity index (χ2v) is 6.88. The lowest BCUT2D eigenvalue weighted by molar-refractivity contribution is -0.115. The standard InChI is InChI=1S/C20H23N3O2S/c1-4-14-7-9-15(10-8-14)21-20-22-19(24)17(26-20)13-16-11-12-18(25-16)23(5-2)6-3/h7-13H,4-6H2,1-3H3,(H,21,22,24)/b17-13-. The Bertz CT molecular complexity index is 833. The molecule has 6 heteroatoms. The van der Waals surface area contributed by atoms with Gasteiger partial charge in [-0.05, 0) is 55.8 Å². The number of nitrogens with zero attached hydrogens (tertiary/aromatic N) is 2. The first-order valence-corrected chi connectivity index (χ1v) is 9.67. The predicted molar refractivity (Wildman–Crippen MR) is 109 cm³/mol. The SMILES string of the molecule is CCc1ccc(N=C2NC(=O)/C(=C/c3ccc(N(CC)CC)o3)S2)cc1. The van der Waals surface area contributed by atoms with Crippen molar-refractivity contribution < 1.29 is 9.21 Å². The zero-order valence-electron chi connectivity index (χ0n) is 15.3. The number of aliphatic imine (C=N–C) groups is 1. The number of carbonyl (C=O) groups is 1. The Kier molecular flexibility index (Phi) is 5.83. The van der Waals surface area contributed by atoms with Gasteiger partial charge in [-0.25, -0.2) is 4.99 Å². The number of aryl methyl sites for hydroxylation is 1. The van der Waals surface area contributed by atoms with Gasteiger partial charge in [0.15, 0.2) is 11.1 Å². The topological polar surface area (TPSA) is 57.8 Å². The maximum atomic E-state index is 12.2. The van der Waals surface area contributed by atoms with Crippen LogP contribution in [0.1, 0.15) is 32.1 Å². The van der Waals surface area contributed by atoms with E-state index in [9.17, 15) is 4.79 Å². The van der Waals surface area contributed by atoms with E-state index in [2.05, 4.69) is 48.1 Å². The van der Waals surface area contributed by atoms with Crippen molar-refractivity contribution in [2.24, 2.45) is 4.99 Å². The van der Waals surface area contributed by atoms with Crippen LogP contribution < -0.4 is 10.2 Å². The molecule has 1 aromatic carbocycles. The smallest absolute Gasteiger partial charge is 0.264 e. The molecule has 0 bridgehead atoms. The van der Waals surface area contributed by atoms with Crippen LogP contribution in [0.25, 0.3) is 6.08 Å². The molecule has 0 unspecified atom stereocenters. The molecule has 0 radical (unpaired) electrons. The molecule has 0 saturated carbocycles. The van der Waals surface area contributed by atoms with Gasteiger partial charge in [0.25, 0.3) is 5.91 Å². The summed E-state index contributed by atoms with van der Waals surface area (Å²) in [6.07, 6.45) is 2.75. The monoisotopic (exact) mass is 369 g/mol. The van der Waals surface area contributed by atoms with Gasteiger partial charge in [-0.1, -0.05) is 19.1 Å². The van der Waals surface area contributed by atoms with Crippen molar-refractivity contribution in [2.45, 2.75) is 27.2 Å². The Morgan fingerprint density at radius 2 is 1.85 bits per heavy atom. The number of amidine groups is 1. The number of anilines is 1. The van der Waals surface area contributed by atoms with Crippen LogP contribution >= 0.6 is 11.8 Å². The Labute approximate surface area is 158 Å². The highest BCUT2D eigenvalue weighted by Crippen LogP contribution is 2.29. The number of nitrogens with one attached hydrogen (secondary N) is 1. The van der Waals surface area contributed by atoms with Crippen LogP contribution in [0.15, 0.2) is 50.7 Å². The van der Waals surface area contributed by atoms with Crippen LogP contribution in [0.4, 0.5) is 11.6 Å². The van der Waals surface area contributed by atoms with Gasteiger partial charge >= 0.3 is 0 Å². The van der Waals surface area contributed by atoms with Gasteiger partial charge in [-0.2, -0.15) is 0 Å². The summed E-state index contributed by atoms with van der Waals surface area (Å²) in [5.41, 5.74) is 2.09. The first-order chi connectivity index (χ1) is 12.6. The molecule has 1 aliphatic heterocycles. The fraction of sp³-hybridized carbons (Fsp3) is 0.300. The number of rotatable bonds is 6. The number of carbonyl (C=O) groups excluding carboxylic acids is 1. The van der Waals surface area contributed by atoms with Crippen LogP contribution in [0.3, 0.4) is 0 Å². The average molecular weight is 369 g/mol. The van der Waals surface area contributed by atoms with E-state index in [0.29, 0.717) is 15.8 Å². The number of benzene rings is 1. The molecule has 1 aromatic heterocycles. The predicted octanol–water partition coefficient (Wildman–Crippen LogP) is 4.58. The van der Waals surface area contributed by atoms with E-state index in [1.807, 2.05) is 24.3 Å². The Balaban J connectivity index is 1.74. The van der Waals surface area contributed by atoms with E-state index in [4.69, 9.17) is 4.42 Å². The third-order valence-electron chi connectivity index (χ3n) is 4.19. The molecule has 1 aliphatic rings. The highest BCUT2D eigenvalue weighted by molar-refractivity contribution is 8.18. The van der Waals surface area contributed by atoms with E-state index in [1.165, 1.54) is 17.3 Å². The van der Waals surface area contributed by atoms with Gasteiger partial charge < -0.3 is 14.6 Å². The summed E-state index contributed by atoms with van der Waals surface area (Å²) in [4.78, 5) is 19.4. The molecule has 0 aliphatic carbocycles. The molecule has 1 fully saturated rings. The molecule has 2 aromatic rings. The largest absolute Gasteiger partial charge is 0.441 e. The van der Waals surface area contributed by atoms with E-state index in [-0.39, 0.29) is 5.91 Å². The first-order valence-electron chi connectivity index (χ1n) is 8.86. The van der Waals surface area contributed by atoms with Crippen molar-refractivity contribution in [2.75, 3.05) is 18.0 Å². The Morgan fingerprint density at radius 3 is 2.50 bits per heavy atom. The minimum atomic E-state index is -0.153. The number of furan rings is 1. The highest BCUT2D eigenvalue weighted by atomic mass is 32.2. The second-order valence-electron chi connectivity index (χ2n) is 5.85. The van der Waals surface area contributed by atoms with Gasteiger partial charge in [0.1, 0.15) is 5.76 Å². The second kappa shape index (κ2) is 8.27. The molecule has 0 spiro atoms. The summed E-state index contributed by atoms with van der Waals surface area (Å²) in [5, 5.41) is 3.39. The summed E-state index contributed by atoms with van der Waals surface area (Å²) in [6, 6.07) is 11.8. The Hall–Kier alpha value is -2.47. The van der Waals surface area contributed by atoms with Gasteiger partial charge in [0, 0.05) is 25.2 Å². The van der Waals surface area contributed by atoms with Crippen LogP contribution in [-0.2, 0) is 11.2 Å². The molecule has 136 valence electrons. The minimum Gasteiger partial charge on any atom is -0.441 e. The molecular weight excluding hydrogens is 346 g/mol. The number of hydrogen-bond acceptors (Lipinski definition) is 5. The third-order valence-corrected chi connectivity index (χ3v) is 5.10. The lowest BCUT2D eigenvalue weighted by Crippen LogP contribution is -2.20. The number of amides is 1. The first kappa shape index (κ1) is 18.3. The van der Waals surface area contributed by atoms with Gasteiger partial charge in [-0.3, -0.25) is 4.79 Å². The fourth-order valence-electron chi connectivity index (χ4n) is 2.66.